The number of carboxylic acids is 1. The van der Waals surface area contributed by atoms with Crippen LogP contribution in [0.5, 0.6) is 5.75 Å². The molecule has 0 saturated carbocycles. The monoisotopic (exact) mass is 357 g/mol. The van der Waals surface area contributed by atoms with E-state index in [0.717, 1.165) is 29.4 Å². The molecule has 2 aromatic rings. The van der Waals surface area contributed by atoms with E-state index < -0.39 is 17.3 Å². The Kier molecular flexibility index (Phi) is 5.08. The van der Waals surface area contributed by atoms with Crippen molar-refractivity contribution in [2.75, 3.05) is 19.6 Å². The fourth-order valence-corrected chi connectivity index (χ4v) is 3.21. The van der Waals surface area contributed by atoms with Gasteiger partial charge >= 0.3 is 5.97 Å². The van der Waals surface area contributed by atoms with Crippen LogP contribution < -0.4 is 10.5 Å². The number of likely N-dealkylation sites (tertiary alicyclic amines) is 1. The van der Waals surface area contributed by atoms with E-state index in [1.54, 1.807) is 6.20 Å². The molecule has 26 heavy (non-hydrogen) atoms. The van der Waals surface area contributed by atoms with Crippen LogP contribution in [0.25, 0.3) is 10.8 Å². The van der Waals surface area contributed by atoms with Crippen LogP contribution in [0.15, 0.2) is 36.7 Å². The second-order valence-corrected chi connectivity index (χ2v) is 6.98. The third-order valence-corrected chi connectivity index (χ3v) is 5.01. The van der Waals surface area contributed by atoms with Gasteiger partial charge in [-0.3, -0.25) is 14.6 Å². The highest BCUT2D eigenvalue weighted by molar-refractivity contribution is 6.00. The Labute approximate surface area is 151 Å². The first-order valence-electron chi connectivity index (χ1n) is 8.64. The summed E-state index contributed by atoms with van der Waals surface area (Å²) in [5.74, 6) is -1.18. The number of carboxylic acid groups (broad SMARTS) is 1. The number of fused-ring (bicyclic) bond motifs is 1. The average Bonchev–Trinajstić information content (AvgIpc) is 2.63. The molecule has 1 amide bonds. The third-order valence-electron chi connectivity index (χ3n) is 5.01. The number of benzene rings is 1. The summed E-state index contributed by atoms with van der Waals surface area (Å²) in [4.78, 5) is 29.0. The third kappa shape index (κ3) is 3.77. The number of ether oxygens (including phenoxy) is 1. The summed E-state index contributed by atoms with van der Waals surface area (Å²) in [6.07, 6.45) is 5.17. The van der Waals surface area contributed by atoms with E-state index in [2.05, 4.69) is 4.98 Å². The van der Waals surface area contributed by atoms with Gasteiger partial charge in [0.2, 0.25) is 5.91 Å². The first-order chi connectivity index (χ1) is 12.4. The highest BCUT2D eigenvalue weighted by Crippen LogP contribution is 2.25. The second kappa shape index (κ2) is 7.29. The minimum atomic E-state index is -1.57. The lowest BCUT2D eigenvalue weighted by atomic mass is 9.88. The summed E-state index contributed by atoms with van der Waals surface area (Å²) in [5.41, 5.74) is 3.72. The standard InChI is InChI=1S/C19H23N3O4/c1-19(17(20)23,18(24)25)12-22-8-5-15(6-9-22)26-16-3-2-14-11-21-7-4-13(14)10-16/h2-4,7,10-11,15H,5-6,8-9,12H2,1H3,(H2,20,23)(H,24,25). The second-order valence-electron chi connectivity index (χ2n) is 6.98. The zero-order chi connectivity index (χ0) is 18.7. The molecule has 1 aliphatic rings. The number of carbonyl (C=O) groups is 2. The van der Waals surface area contributed by atoms with Crippen molar-refractivity contribution in [2.45, 2.75) is 25.9 Å². The summed E-state index contributed by atoms with van der Waals surface area (Å²) in [6.45, 7) is 2.83. The molecule has 1 aliphatic heterocycles. The molecule has 0 bridgehead atoms. The van der Waals surface area contributed by atoms with Crippen LogP contribution >= 0.6 is 0 Å². The zero-order valence-corrected chi connectivity index (χ0v) is 14.7. The first-order valence-corrected chi connectivity index (χ1v) is 8.64. The number of amides is 1. The molecule has 1 unspecified atom stereocenters. The molecule has 3 rings (SSSR count). The summed E-state index contributed by atoms with van der Waals surface area (Å²) >= 11 is 0. The van der Waals surface area contributed by atoms with Crippen molar-refractivity contribution < 1.29 is 19.4 Å². The fourth-order valence-electron chi connectivity index (χ4n) is 3.21. The van der Waals surface area contributed by atoms with Crippen molar-refractivity contribution in [3.05, 3.63) is 36.7 Å². The molecule has 7 nitrogen and oxygen atoms in total. The summed E-state index contributed by atoms with van der Waals surface area (Å²) in [7, 11) is 0. The van der Waals surface area contributed by atoms with Gasteiger partial charge in [-0.1, -0.05) is 0 Å². The maximum absolute atomic E-state index is 11.5. The molecule has 1 aromatic carbocycles. The molecule has 7 heteroatoms. The highest BCUT2D eigenvalue weighted by Gasteiger charge is 2.41. The maximum atomic E-state index is 11.5. The van der Waals surface area contributed by atoms with Crippen molar-refractivity contribution in [3.63, 3.8) is 0 Å². The van der Waals surface area contributed by atoms with Crippen LogP contribution in [0, 0.1) is 5.41 Å². The van der Waals surface area contributed by atoms with E-state index >= 15 is 0 Å². The van der Waals surface area contributed by atoms with Gasteiger partial charge in [0.05, 0.1) is 0 Å². The molecule has 2 heterocycles. The molecule has 1 saturated heterocycles. The number of aromatic nitrogens is 1. The fraction of sp³-hybridized carbons (Fsp3) is 0.421. The predicted octanol–water partition coefficient (Wildman–Crippen LogP) is 1.65. The van der Waals surface area contributed by atoms with Crippen LogP contribution in [0.3, 0.4) is 0 Å². The normalized spacial score (nSPS) is 18.3. The number of hydrogen-bond acceptors (Lipinski definition) is 5. The number of rotatable bonds is 6. The Morgan fingerprint density at radius 1 is 1.31 bits per heavy atom. The minimum absolute atomic E-state index is 0.0650. The van der Waals surface area contributed by atoms with Gasteiger partial charge < -0.3 is 20.5 Å². The van der Waals surface area contributed by atoms with Crippen LogP contribution in [0.2, 0.25) is 0 Å². The first kappa shape index (κ1) is 18.1. The largest absolute Gasteiger partial charge is 0.490 e. The topological polar surface area (TPSA) is 106 Å². The lowest BCUT2D eigenvalue weighted by molar-refractivity contribution is -0.155. The van der Waals surface area contributed by atoms with Crippen molar-refractivity contribution in [3.8, 4) is 5.75 Å². The van der Waals surface area contributed by atoms with Gasteiger partial charge in [0.1, 0.15) is 11.9 Å². The molecular formula is C19H23N3O4. The number of carbonyl (C=O) groups excluding carboxylic acids is 1. The minimum Gasteiger partial charge on any atom is -0.490 e. The molecule has 138 valence electrons. The van der Waals surface area contributed by atoms with Gasteiger partial charge in [-0.2, -0.15) is 0 Å². The maximum Gasteiger partial charge on any atom is 0.320 e. The van der Waals surface area contributed by atoms with Crippen LogP contribution in [-0.2, 0) is 9.59 Å². The van der Waals surface area contributed by atoms with E-state index in [1.807, 2.05) is 35.4 Å². The van der Waals surface area contributed by atoms with E-state index in [1.165, 1.54) is 6.92 Å². The number of nitrogens with zero attached hydrogens (tertiary/aromatic N) is 2. The number of hydrogen-bond donors (Lipinski definition) is 2. The number of aliphatic carboxylic acids is 1. The van der Waals surface area contributed by atoms with E-state index in [-0.39, 0.29) is 12.6 Å². The Morgan fingerprint density at radius 2 is 2.04 bits per heavy atom. The number of pyridine rings is 1. The van der Waals surface area contributed by atoms with Crippen LogP contribution in [0.1, 0.15) is 19.8 Å². The van der Waals surface area contributed by atoms with E-state index in [0.29, 0.717) is 13.1 Å². The van der Waals surface area contributed by atoms with E-state index in [9.17, 15) is 14.7 Å². The molecule has 0 radical (unpaired) electrons. The van der Waals surface area contributed by atoms with Gasteiger partial charge in [0.15, 0.2) is 5.41 Å². The van der Waals surface area contributed by atoms with Gasteiger partial charge in [-0.05, 0) is 49.4 Å². The molecule has 1 fully saturated rings. The van der Waals surface area contributed by atoms with Gasteiger partial charge in [-0.15, -0.1) is 0 Å². The van der Waals surface area contributed by atoms with Crippen molar-refractivity contribution in [1.82, 2.24) is 9.88 Å². The van der Waals surface area contributed by atoms with Crippen LogP contribution in [-0.4, -0.2) is 52.6 Å². The smallest absolute Gasteiger partial charge is 0.320 e. The summed E-state index contributed by atoms with van der Waals surface area (Å²) in [6, 6.07) is 7.86. The SMILES string of the molecule is CC(CN1CCC(Oc2ccc3cnccc3c2)CC1)(C(N)=O)C(=O)O. The molecule has 3 N–H and O–H groups in total. The quantitative estimate of drug-likeness (QED) is 0.762. The molecule has 1 aromatic heterocycles. The Hall–Kier alpha value is -2.67. The molecule has 0 spiro atoms. The number of piperidine rings is 1. The lowest BCUT2D eigenvalue weighted by Gasteiger charge is -2.35. The van der Waals surface area contributed by atoms with Crippen molar-refractivity contribution in [1.29, 1.82) is 0 Å². The molecule has 1 atom stereocenters. The van der Waals surface area contributed by atoms with E-state index in [4.69, 9.17) is 10.5 Å². The Balaban J connectivity index is 1.58. The lowest BCUT2D eigenvalue weighted by Crippen LogP contribution is -2.52. The van der Waals surface area contributed by atoms with Crippen molar-refractivity contribution >= 4 is 22.6 Å². The molecule has 0 aliphatic carbocycles. The van der Waals surface area contributed by atoms with Crippen LogP contribution in [0.4, 0.5) is 0 Å². The number of nitrogens with two attached hydrogens (primary N) is 1. The number of primary amides is 1. The summed E-state index contributed by atoms with van der Waals surface area (Å²) in [5, 5.41) is 11.5. The Bertz CT molecular complexity index is 801. The average molecular weight is 357 g/mol. The van der Waals surface area contributed by atoms with Gasteiger partial charge in [-0.25, -0.2) is 0 Å². The Morgan fingerprint density at radius 3 is 2.69 bits per heavy atom. The predicted molar refractivity (Wildman–Crippen MR) is 96.8 cm³/mol. The van der Waals surface area contributed by atoms with Crippen molar-refractivity contribution in [2.24, 2.45) is 11.1 Å². The van der Waals surface area contributed by atoms with Gasteiger partial charge in [0, 0.05) is 37.4 Å². The highest BCUT2D eigenvalue weighted by atomic mass is 16.5. The zero-order valence-electron chi connectivity index (χ0n) is 14.7. The summed E-state index contributed by atoms with van der Waals surface area (Å²) < 4.78 is 6.08. The molecular weight excluding hydrogens is 334 g/mol. The van der Waals surface area contributed by atoms with Gasteiger partial charge in [0.25, 0.3) is 0 Å².